The van der Waals surface area contributed by atoms with Crippen LogP contribution in [0.3, 0.4) is 0 Å². The molecule has 0 atom stereocenters. The molecule has 0 radical (unpaired) electrons. The minimum atomic E-state index is 1.10. The molecule has 0 aliphatic heterocycles. The van der Waals surface area contributed by atoms with E-state index >= 15 is 0 Å². The number of benzene rings is 1. The van der Waals surface area contributed by atoms with Gasteiger partial charge in [0.15, 0.2) is 0 Å². The fourth-order valence-electron chi connectivity index (χ4n) is 0.816. The van der Waals surface area contributed by atoms with E-state index in [2.05, 4.69) is 32.6 Å². The minimum Gasteiger partial charge on any atom is -0.0912 e. The second-order valence-corrected chi connectivity index (χ2v) is 2.69. The summed E-state index contributed by atoms with van der Waals surface area (Å²) in [5, 5.41) is 2.32. The quantitative estimate of drug-likeness (QED) is 0.580. The topological polar surface area (TPSA) is 0 Å². The van der Waals surface area contributed by atoms with Crippen LogP contribution < -0.4 is 10.4 Å². The number of hydrogen-bond donors (Lipinski definition) is 0. The predicted molar refractivity (Wildman–Crippen MR) is 91.4 cm³/mol. The lowest BCUT2D eigenvalue weighted by molar-refractivity contribution is 1.09. The third kappa shape index (κ3) is 20.4. The highest BCUT2D eigenvalue weighted by Crippen LogP contribution is 1.68. The van der Waals surface area contributed by atoms with Crippen molar-refractivity contribution in [2.45, 2.75) is 68.7 Å². The molecule has 0 heterocycles. The Morgan fingerprint density at radius 1 is 0.889 bits per heavy atom. The van der Waals surface area contributed by atoms with Crippen molar-refractivity contribution in [2.24, 2.45) is 0 Å². The van der Waals surface area contributed by atoms with Gasteiger partial charge in [-0.05, 0) is 17.4 Å². The Morgan fingerprint density at radius 3 is 1.44 bits per heavy atom. The van der Waals surface area contributed by atoms with Gasteiger partial charge in [-0.25, -0.2) is 0 Å². The summed E-state index contributed by atoms with van der Waals surface area (Å²) >= 11 is 0. The van der Waals surface area contributed by atoms with Crippen LogP contribution in [0.4, 0.5) is 0 Å². The van der Waals surface area contributed by atoms with E-state index < -0.39 is 0 Å². The first-order valence-electron chi connectivity index (χ1n) is 7.46. The third-order valence-electron chi connectivity index (χ3n) is 1.37. The lowest BCUT2D eigenvalue weighted by atomic mass is 10.2. The van der Waals surface area contributed by atoms with E-state index in [9.17, 15) is 0 Å². The van der Waals surface area contributed by atoms with Crippen molar-refractivity contribution >= 4 is 12.7 Å². The summed E-state index contributed by atoms with van der Waals surface area (Å²) in [7, 11) is 0. The first-order chi connectivity index (χ1) is 8.76. The summed E-state index contributed by atoms with van der Waals surface area (Å²) in [5.74, 6) is 0. The molecule has 0 aromatic heterocycles. The summed E-state index contributed by atoms with van der Waals surface area (Å²) in [4.78, 5) is 0. The van der Waals surface area contributed by atoms with E-state index in [1.54, 1.807) is 0 Å². The lowest BCUT2D eigenvalue weighted by Gasteiger charge is -1.82. The largest absolute Gasteiger partial charge is 0.0912 e. The standard InChI is InChI=1S/C9H10.C3H8.3C2H6/c1-3-9-7-5-4-6-8(9)2;1-3-2;3*1-2/h3-7H,2H2,1H3;3H2,1-2H3;3*1-2H3/b9-3-;;;;. The average Bonchev–Trinajstić information content (AvgIpc) is 2.47. The first-order valence-corrected chi connectivity index (χ1v) is 7.46. The molecule has 0 amide bonds. The molecule has 0 aliphatic carbocycles. The molecule has 0 nitrogen and oxygen atoms in total. The summed E-state index contributed by atoms with van der Waals surface area (Å²) in [6.07, 6.45) is 3.31. The maximum Gasteiger partial charge on any atom is -0.0233 e. The zero-order valence-electron chi connectivity index (χ0n) is 14.3. The normalized spacial score (nSPS) is 7.94. The first kappa shape index (κ1) is 25.7. The van der Waals surface area contributed by atoms with Crippen LogP contribution in [0.2, 0.25) is 0 Å². The number of hydrogen-bond acceptors (Lipinski definition) is 0. The van der Waals surface area contributed by atoms with Gasteiger partial charge in [-0.3, -0.25) is 0 Å². The molecule has 1 rings (SSSR count). The van der Waals surface area contributed by atoms with Crippen LogP contribution in [0.15, 0.2) is 24.3 Å². The Kier molecular flexibility index (Phi) is 42.5. The van der Waals surface area contributed by atoms with Crippen LogP contribution in [0, 0.1) is 0 Å². The van der Waals surface area contributed by atoms with Crippen molar-refractivity contribution in [1.82, 2.24) is 0 Å². The van der Waals surface area contributed by atoms with Crippen LogP contribution in [0.5, 0.6) is 0 Å². The molecule has 0 bridgehead atoms. The molecule has 0 saturated carbocycles. The SMILES string of the molecule is C=c1cccc/c1=C/C.CC.CC.CC.CCC. The molecule has 0 N–H and O–H groups in total. The summed E-state index contributed by atoms with van der Waals surface area (Å²) < 4.78 is 0. The number of rotatable bonds is 0. The molecule has 1 aromatic rings. The van der Waals surface area contributed by atoms with Crippen LogP contribution in [0.1, 0.15) is 68.7 Å². The van der Waals surface area contributed by atoms with Gasteiger partial charge < -0.3 is 0 Å². The highest BCUT2D eigenvalue weighted by molar-refractivity contribution is 5.23. The molecule has 0 saturated heterocycles. The van der Waals surface area contributed by atoms with Gasteiger partial charge >= 0.3 is 0 Å². The van der Waals surface area contributed by atoms with E-state index in [0.29, 0.717) is 0 Å². The van der Waals surface area contributed by atoms with Gasteiger partial charge in [0, 0.05) is 0 Å². The van der Waals surface area contributed by atoms with Gasteiger partial charge in [0.25, 0.3) is 0 Å². The van der Waals surface area contributed by atoms with E-state index in [1.165, 1.54) is 11.6 Å². The zero-order chi connectivity index (χ0) is 15.4. The van der Waals surface area contributed by atoms with Crippen LogP contribution in [-0.4, -0.2) is 0 Å². The van der Waals surface area contributed by atoms with Gasteiger partial charge in [-0.1, -0.05) is 98.7 Å². The molecular weight excluding hydrogens is 216 g/mol. The van der Waals surface area contributed by atoms with Gasteiger partial charge in [0.2, 0.25) is 0 Å². The van der Waals surface area contributed by atoms with Crippen molar-refractivity contribution in [1.29, 1.82) is 0 Å². The van der Waals surface area contributed by atoms with E-state index in [-0.39, 0.29) is 0 Å². The van der Waals surface area contributed by atoms with Gasteiger partial charge in [-0.15, -0.1) is 0 Å². The second kappa shape index (κ2) is 29.7. The van der Waals surface area contributed by atoms with E-state index in [1.807, 2.05) is 66.7 Å². The predicted octanol–water partition coefficient (Wildman–Crippen LogP) is 5.39. The smallest absolute Gasteiger partial charge is 0.0233 e. The van der Waals surface area contributed by atoms with Crippen molar-refractivity contribution in [3.05, 3.63) is 34.7 Å². The Balaban J connectivity index is -0.0000000925. The lowest BCUT2D eigenvalue weighted by Crippen LogP contribution is -2.20. The van der Waals surface area contributed by atoms with Gasteiger partial charge in [0.05, 0.1) is 0 Å². The van der Waals surface area contributed by atoms with Gasteiger partial charge in [-0.2, -0.15) is 0 Å². The molecule has 0 fully saturated rings. The van der Waals surface area contributed by atoms with Crippen molar-refractivity contribution in [3.8, 4) is 0 Å². The molecule has 108 valence electrons. The second-order valence-electron chi connectivity index (χ2n) is 2.69. The van der Waals surface area contributed by atoms with Crippen molar-refractivity contribution in [2.75, 3.05) is 0 Å². The van der Waals surface area contributed by atoms with Crippen molar-refractivity contribution < 1.29 is 0 Å². The van der Waals surface area contributed by atoms with Gasteiger partial charge in [0.1, 0.15) is 0 Å². The van der Waals surface area contributed by atoms with Crippen LogP contribution >= 0.6 is 0 Å². The summed E-state index contributed by atoms with van der Waals surface area (Å²) in [5.41, 5.74) is 0. The summed E-state index contributed by atoms with van der Waals surface area (Å²) in [6, 6.07) is 8.08. The third-order valence-corrected chi connectivity index (χ3v) is 1.37. The minimum absolute atomic E-state index is 1.10. The van der Waals surface area contributed by atoms with Crippen LogP contribution in [0.25, 0.3) is 12.7 Å². The monoisotopic (exact) mass is 252 g/mol. The Morgan fingerprint density at radius 2 is 1.22 bits per heavy atom. The highest BCUT2D eigenvalue weighted by Gasteiger charge is 1.74. The van der Waals surface area contributed by atoms with Crippen LogP contribution in [-0.2, 0) is 0 Å². The molecule has 0 spiro atoms. The molecule has 0 unspecified atom stereocenters. The van der Waals surface area contributed by atoms with E-state index in [4.69, 9.17) is 0 Å². The fraction of sp³-hybridized carbons (Fsp3) is 0.556. The molecule has 18 heavy (non-hydrogen) atoms. The molecule has 0 heteroatoms. The zero-order valence-corrected chi connectivity index (χ0v) is 14.3. The molecule has 1 aromatic carbocycles. The van der Waals surface area contributed by atoms with E-state index in [0.717, 1.165) is 5.22 Å². The molecule has 0 aliphatic rings. The Bertz CT molecular complexity index is 296. The average molecular weight is 252 g/mol. The van der Waals surface area contributed by atoms with Crippen molar-refractivity contribution in [3.63, 3.8) is 0 Å². The maximum absolute atomic E-state index is 3.86. The highest BCUT2D eigenvalue weighted by atomic mass is 13.8. The Hall–Kier alpha value is -1.04. The maximum atomic E-state index is 3.86. The molecular formula is C18H36. The Labute approximate surface area is 116 Å². The summed E-state index contributed by atoms with van der Waals surface area (Å²) in [6.45, 7) is 22.1. The fourth-order valence-corrected chi connectivity index (χ4v) is 0.816.